The number of piperidine rings is 3. The zero-order valence-corrected chi connectivity index (χ0v) is 25.5. The lowest BCUT2D eigenvalue weighted by Crippen LogP contribution is -2.52. The number of hydrogen-bond acceptors (Lipinski definition) is 7. The minimum absolute atomic E-state index is 0.0439. The van der Waals surface area contributed by atoms with Crippen molar-refractivity contribution in [3.63, 3.8) is 0 Å². The molecular weight excluding hydrogens is 596 g/mol. The number of aliphatic carboxylic acids is 1. The van der Waals surface area contributed by atoms with Gasteiger partial charge in [0.1, 0.15) is 12.1 Å². The minimum atomic E-state index is -4.00. The Kier molecular flexibility index (Phi) is 8.88. The summed E-state index contributed by atoms with van der Waals surface area (Å²) in [6, 6.07) is 20.4. The Morgan fingerprint density at radius 1 is 0.867 bits per heavy atom. The third-order valence-electron chi connectivity index (χ3n) is 8.94. The molecule has 0 aromatic heterocycles. The van der Waals surface area contributed by atoms with Crippen LogP contribution in [0.5, 0.6) is 0 Å². The maximum atomic E-state index is 13.3. The van der Waals surface area contributed by atoms with Crippen LogP contribution in [0.4, 0.5) is 10.5 Å². The zero-order chi connectivity index (χ0) is 31.6. The molecule has 0 spiro atoms. The molecule has 12 heteroatoms. The lowest BCUT2D eigenvalue weighted by molar-refractivity contribution is -0.140. The topological polar surface area (TPSA) is 145 Å². The van der Waals surface area contributed by atoms with Gasteiger partial charge in [-0.3, -0.25) is 14.5 Å². The third kappa shape index (κ3) is 6.73. The van der Waals surface area contributed by atoms with E-state index in [1.807, 2.05) is 36.4 Å². The van der Waals surface area contributed by atoms with E-state index in [1.165, 1.54) is 24.3 Å². The first-order valence-corrected chi connectivity index (χ1v) is 16.6. The number of carboxylic acids is 1. The number of carbonyl (C=O) groups excluding carboxylic acids is 2. The molecule has 3 aromatic carbocycles. The summed E-state index contributed by atoms with van der Waals surface area (Å²) in [6.45, 7) is 2.98. The van der Waals surface area contributed by atoms with Gasteiger partial charge in [-0.25, -0.2) is 13.2 Å². The smallest absolute Gasteiger partial charge is 0.408 e. The van der Waals surface area contributed by atoms with Crippen LogP contribution in [0.2, 0.25) is 0 Å². The monoisotopic (exact) mass is 632 g/mol. The van der Waals surface area contributed by atoms with Crippen molar-refractivity contribution in [2.45, 2.75) is 48.8 Å². The molecule has 3 N–H and O–H groups in total. The van der Waals surface area contributed by atoms with Gasteiger partial charge < -0.3 is 20.5 Å². The highest BCUT2D eigenvalue weighted by molar-refractivity contribution is 7.89. The van der Waals surface area contributed by atoms with Crippen molar-refractivity contribution < 1.29 is 32.6 Å². The number of rotatable bonds is 9. The number of benzene rings is 3. The molecule has 0 saturated carbocycles. The quantitative estimate of drug-likeness (QED) is 0.320. The van der Waals surface area contributed by atoms with Crippen LogP contribution in [0.15, 0.2) is 83.8 Å². The molecule has 0 unspecified atom stereocenters. The van der Waals surface area contributed by atoms with Crippen LogP contribution in [0.1, 0.15) is 53.2 Å². The first-order valence-electron chi connectivity index (χ1n) is 15.2. The van der Waals surface area contributed by atoms with Gasteiger partial charge in [0.15, 0.2) is 0 Å². The number of ether oxygens (including phenoxy) is 1. The summed E-state index contributed by atoms with van der Waals surface area (Å²) >= 11 is 0. The first-order chi connectivity index (χ1) is 21.7. The van der Waals surface area contributed by atoms with Crippen LogP contribution in [0.3, 0.4) is 0 Å². The Labute approximate surface area is 262 Å². The summed E-state index contributed by atoms with van der Waals surface area (Å²) in [7, 11) is -4.00. The molecule has 0 radical (unpaired) electrons. The minimum Gasteiger partial charge on any atom is -0.480 e. The molecule has 2 amide bonds. The summed E-state index contributed by atoms with van der Waals surface area (Å²) in [5.74, 6) is -1.21. The number of sulfonamides is 1. The Morgan fingerprint density at radius 3 is 2.24 bits per heavy atom. The normalized spacial score (nSPS) is 23.6. The molecule has 3 atom stereocenters. The van der Waals surface area contributed by atoms with Crippen molar-refractivity contribution in [2.75, 3.05) is 31.5 Å². The lowest BCUT2D eigenvalue weighted by Gasteiger charge is -2.43. The molecule has 4 saturated heterocycles. The number of alkyl carbamates (subject to hydrolysis) is 1. The average molecular weight is 633 g/mol. The van der Waals surface area contributed by atoms with Crippen molar-refractivity contribution in [1.29, 1.82) is 0 Å². The van der Waals surface area contributed by atoms with Gasteiger partial charge in [-0.05, 0) is 92.2 Å². The van der Waals surface area contributed by atoms with E-state index in [0.29, 0.717) is 29.2 Å². The highest BCUT2D eigenvalue weighted by Gasteiger charge is 2.39. The number of anilines is 1. The number of hydrogen-bond donors (Lipinski definition) is 3. The standard InChI is InChI=1S/C33H36N4O7S/c38-31(34-26-11-13-27(14-12-26)45(42,43)37-17-5-10-28(37)32(39)40)25-9-4-8-24(20-25)30(23-6-2-1-3-7-23)35-33(41)44-29-21-36-18-15-22(29)16-19-36/h1-4,6-9,11-14,20,22,28-30H,5,10,15-19,21H2,(H,34,38)(H,35,41)(H,39,40)/t28-,29-,30-/m0/s1. The van der Waals surface area contributed by atoms with Gasteiger partial charge in [0.25, 0.3) is 5.91 Å². The molecule has 4 aliphatic heterocycles. The van der Waals surface area contributed by atoms with Crippen molar-refractivity contribution in [3.05, 3.63) is 95.6 Å². The summed E-state index contributed by atoms with van der Waals surface area (Å²) in [5, 5.41) is 15.2. The van der Waals surface area contributed by atoms with Crippen LogP contribution in [-0.2, 0) is 19.6 Å². The number of fused-ring (bicyclic) bond motifs is 3. The summed E-state index contributed by atoms with van der Waals surface area (Å²) in [4.78, 5) is 40.2. The molecule has 7 rings (SSSR count). The van der Waals surface area contributed by atoms with Crippen LogP contribution in [-0.4, -0.2) is 79.0 Å². The molecule has 45 heavy (non-hydrogen) atoms. The second-order valence-electron chi connectivity index (χ2n) is 11.8. The fourth-order valence-electron chi connectivity index (χ4n) is 6.52. The average Bonchev–Trinajstić information content (AvgIpc) is 3.57. The maximum absolute atomic E-state index is 13.3. The highest BCUT2D eigenvalue weighted by atomic mass is 32.2. The van der Waals surface area contributed by atoms with Crippen LogP contribution < -0.4 is 10.6 Å². The van der Waals surface area contributed by atoms with Crippen molar-refractivity contribution in [1.82, 2.24) is 14.5 Å². The Balaban J connectivity index is 1.16. The van der Waals surface area contributed by atoms with Gasteiger partial charge in [-0.15, -0.1) is 0 Å². The van der Waals surface area contributed by atoms with Crippen LogP contribution in [0.25, 0.3) is 0 Å². The molecular formula is C33H36N4O7S. The number of carboxylic acid groups (broad SMARTS) is 1. The molecule has 0 aliphatic carbocycles. The molecule has 2 bridgehead atoms. The second-order valence-corrected chi connectivity index (χ2v) is 13.7. The van der Waals surface area contributed by atoms with Gasteiger partial charge in [0.2, 0.25) is 10.0 Å². The SMILES string of the molecule is O=C(N[C@@H](c1ccccc1)c1cccc(C(=O)Nc2ccc(S(=O)(=O)N3CCC[C@H]3C(=O)O)cc2)c1)O[C@H]1CN2CCC1CC2. The molecule has 11 nitrogen and oxygen atoms in total. The van der Waals surface area contributed by atoms with Gasteiger partial charge >= 0.3 is 12.1 Å². The Bertz CT molecular complexity index is 1660. The molecule has 236 valence electrons. The summed E-state index contributed by atoms with van der Waals surface area (Å²) in [6.07, 6.45) is 2.15. The molecule has 3 aromatic rings. The highest BCUT2D eigenvalue weighted by Crippen LogP contribution is 2.31. The van der Waals surface area contributed by atoms with Gasteiger partial charge in [-0.2, -0.15) is 4.31 Å². The van der Waals surface area contributed by atoms with Gasteiger partial charge in [0, 0.05) is 24.3 Å². The third-order valence-corrected chi connectivity index (χ3v) is 10.9. The number of amides is 2. The van der Waals surface area contributed by atoms with E-state index in [-0.39, 0.29) is 24.0 Å². The van der Waals surface area contributed by atoms with Gasteiger partial charge in [-0.1, -0.05) is 42.5 Å². The lowest BCUT2D eigenvalue weighted by atomic mass is 9.86. The van der Waals surface area contributed by atoms with Crippen molar-refractivity contribution in [3.8, 4) is 0 Å². The van der Waals surface area contributed by atoms with Crippen LogP contribution >= 0.6 is 0 Å². The summed E-state index contributed by atoms with van der Waals surface area (Å²) in [5.41, 5.74) is 2.25. The molecule has 4 aliphatic rings. The van der Waals surface area contributed by atoms with E-state index in [9.17, 15) is 27.9 Å². The van der Waals surface area contributed by atoms with Gasteiger partial charge in [0.05, 0.1) is 10.9 Å². The van der Waals surface area contributed by atoms with E-state index in [0.717, 1.165) is 42.3 Å². The van der Waals surface area contributed by atoms with E-state index >= 15 is 0 Å². The van der Waals surface area contributed by atoms with E-state index in [1.54, 1.807) is 18.2 Å². The fraction of sp³-hybridized carbons (Fsp3) is 0.364. The van der Waals surface area contributed by atoms with Crippen molar-refractivity contribution in [2.24, 2.45) is 5.92 Å². The maximum Gasteiger partial charge on any atom is 0.408 e. The van der Waals surface area contributed by atoms with Crippen molar-refractivity contribution >= 4 is 33.7 Å². The van der Waals surface area contributed by atoms with E-state index in [2.05, 4.69) is 15.5 Å². The van der Waals surface area contributed by atoms with E-state index < -0.39 is 40.1 Å². The fourth-order valence-corrected chi connectivity index (χ4v) is 8.17. The van der Waals surface area contributed by atoms with Crippen LogP contribution in [0, 0.1) is 5.92 Å². The summed E-state index contributed by atoms with van der Waals surface area (Å²) < 4.78 is 33.1. The predicted octanol–water partition coefficient (Wildman–Crippen LogP) is 4.09. The molecule has 4 heterocycles. The van der Waals surface area contributed by atoms with E-state index in [4.69, 9.17) is 4.74 Å². The number of nitrogens with one attached hydrogen (secondary N) is 2. The number of carbonyl (C=O) groups is 3. The Hall–Kier alpha value is -4.26. The first kappa shape index (κ1) is 30.8. The Morgan fingerprint density at radius 2 is 1.58 bits per heavy atom. The largest absolute Gasteiger partial charge is 0.480 e. The zero-order valence-electron chi connectivity index (χ0n) is 24.7. The molecule has 4 fully saturated rings. The predicted molar refractivity (Wildman–Crippen MR) is 166 cm³/mol. The number of nitrogens with zero attached hydrogens (tertiary/aromatic N) is 2. The second kappa shape index (κ2) is 13.0.